The largest absolute Gasteiger partial charge is 0.493 e. The van der Waals surface area contributed by atoms with E-state index in [0.717, 1.165) is 40.0 Å². The van der Waals surface area contributed by atoms with Gasteiger partial charge < -0.3 is 20.5 Å². The lowest BCUT2D eigenvalue weighted by atomic mass is 9.86. The monoisotopic (exact) mass is 620 g/mol. The van der Waals surface area contributed by atoms with Gasteiger partial charge in [0, 0.05) is 42.0 Å². The minimum absolute atomic E-state index is 0.0409. The number of aromatic nitrogens is 2. The van der Waals surface area contributed by atoms with Crippen molar-refractivity contribution in [3.05, 3.63) is 115 Å². The molecule has 0 saturated heterocycles. The van der Waals surface area contributed by atoms with E-state index in [0.29, 0.717) is 18.0 Å². The van der Waals surface area contributed by atoms with Crippen LogP contribution in [0.1, 0.15) is 55.1 Å². The molecule has 0 bridgehead atoms. The zero-order valence-electron chi connectivity index (χ0n) is 26.5. The van der Waals surface area contributed by atoms with E-state index in [1.54, 1.807) is 24.5 Å². The summed E-state index contributed by atoms with van der Waals surface area (Å²) in [4.78, 5) is 46.2. The Morgan fingerprint density at radius 1 is 0.891 bits per heavy atom. The van der Waals surface area contributed by atoms with E-state index in [1.165, 1.54) is 0 Å². The van der Waals surface area contributed by atoms with Crippen LogP contribution in [0, 0.1) is 0 Å². The van der Waals surface area contributed by atoms with Crippen molar-refractivity contribution in [2.45, 2.75) is 51.5 Å². The van der Waals surface area contributed by atoms with Gasteiger partial charge in [-0.15, -0.1) is 6.58 Å². The fourth-order valence-corrected chi connectivity index (χ4v) is 4.64. The zero-order valence-corrected chi connectivity index (χ0v) is 26.5. The highest BCUT2D eigenvalue weighted by molar-refractivity contribution is 5.97. The van der Waals surface area contributed by atoms with E-state index in [4.69, 9.17) is 9.84 Å². The highest BCUT2D eigenvalue weighted by atomic mass is 16.5. The van der Waals surface area contributed by atoms with Gasteiger partial charge in [0.25, 0.3) is 5.91 Å². The van der Waals surface area contributed by atoms with Crippen molar-refractivity contribution in [2.24, 2.45) is 0 Å². The molecule has 46 heavy (non-hydrogen) atoms. The minimum Gasteiger partial charge on any atom is -0.493 e. The average Bonchev–Trinajstić information content (AvgIpc) is 3.05. The van der Waals surface area contributed by atoms with E-state index < -0.39 is 17.9 Å². The highest BCUT2D eigenvalue weighted by Crippen LogP contribution is 2.24. The van der Waals surface area contributed by atoms with Crippen LogP contribution in [0.4, 0.5) is 0 Å². The van der Waals surface area contributed by atoms with Crippen molar-refractivity contribution in [3.63, 3.8) is 0 Å². The molecule has 0 spiro atoms. The van der Waals surface area contributed by atoms with Gasteiger partial charge in [0.2, 0.25) is 5.91 Å². The van der Waals surface area contributed by atoms with Gasteiger partial charge in [0.15, 0.2) is 5.82 Å². The quantitative estimate of drug-likeness (QED) is 0.117. The van der Waals surface area contributed by atoms with Crippen LogP contribution in [-0.2, 0) is 21.4 Å². The van der Waals surface area contributed by atoms with Crippen molar-refractivity contribution in [1.29, 1.82) is 0 Å². The van der Waals surface area contributed by atoms with Gasteiger partial charge >= 0.3 is 5.97 Å². The first kappa shape index (κ1) is 33.6. The van der Waals surface area contributed by atoms with Crippen LogP contribution in [0.3, 0.4) is 0 Å². The van der Waals surface area contributed by atoms with E-state index in [9.17, 15) is 14.4 Å². The number of ether oxygens (including phenoxy) is 1. The van der Waals surface area contributed by atoms with Crippen molar-refractivity contribution in [3.8, 4) is 28.3 Å². The number of hydrogen-bond acceptors (Lipinski definition) is 6. The summed E-state index contributed by atoms with van der Waals surface area (Å²) in [6.07, 6.45) is 6.13. The van der Waals surface area contributed by atoms with Gasteiger partial charge in [0.05, 0.1) is 13.0 Å². The number of carbonyl (C=O) groups excluding carboxylic acids is 2. The smallest absolute Gasteiger partial charge is 0.305 e. The molecular weight excluding hydrogens is 580 g/mol. The summed E-state index contributed by atoms with van der Waals surface area (Å²) in [5.74, 6) is -0.528. The summed E-state index contributed by atoms with van der Waals surface area (Å²) in [6, 6.07) is 21.6. The first-order valence-electron chi connectivity index (χ1n) is 15.2. The average molecular weight is 621 g/mol. The Hall–Kier alpha value is -5.31. The van der Waals surface area contributed by atoms with Crippen molar-refractivity contribution >= 4 is 17.8 Å². The van der Waals surface area contributed by atoms with Crippen molar-refractivity contribution < 1.29 is 24.2 Å². The summed E-state index contributed by atoms with van der Waals surface area (Å²) in [5, 5.41) is 14.4. The number of benzene rings is 3. The number of rotatable bonds is 14. The molecule has 0 aliphatic carbocycles. The summed E-state index contributed by atoms with van der Waals surface area (Å²) in [6.45, 7) is 10.5. The van der Waals surface area contributed by atoms with Crippen LogP contribution >= 0.6 is 0 Å². The molecule has 4 rings (SSSR count). The molecule has 0 fully saturated rings. The number of amides is 2. The third-order valence-corrected chi connectivity index (χ3v) is 7.36. The molecule has 0 aliphatic rings. The van der Waals surface area contributed by atoms with Gasteiger partial charge in [0.1, 0.15) is 11.8 Å². The Morgan fingerprint density at radius 3 is 2.11 bits per heavy atom. The Labute approximate surface area is 269 Å². The zero-order chi connectivity index (χ0) is 33.1. The standard InChI is InChI=1S/C37H40N4O5/c1-5-6-21-46-31-17-13-26(14-18-31)29-23-39-34(40-24-29)27-9-7-25(8-10-27)22-32(36(45)38-20-19-33(42)43)41-35(44)28-11-15-30(16-12-28)37(2,3)4/h5,7-18,23-24,32H,1,6,19-22H2,2-4H3,(H,38,45)(H,41,44)(H,42,43)/t32-/m0/s1. The molecule has 0 radical (unpaired) electrons. The maximum atomic E-state index is 13.1. The molecule has 0 unspecified atom stereocenters. The Balaban J connectivity index is 1.43. The lowest BCUT2D eigenvalue weighted by molar-refractivity contribution is -0.137. The number of aliphatic carboxylic acids is 1. The Kier molecular flexibility index (Phi) is 11.4. The SMILES string of the molecule is C=CCCOc1ccc(-c2cnc(-c3ccc(C[C@H](NC(=O)c4ccc(C(C)(C)C)cc4)C(=O)NCCC(=O)O)cc3)nc2)cc1. The number of carbonyl (C=O) groups is 3. The minimum atomic E-state index is -1.02. The normalized spacial score (nSPS) is 11.7. The maximum Gasteiger partial charge on any atom is 0.305 e. The topological polar surface area (TPSA) is 131 Å². The predicted molar refractivity (Wildman–Crippen MR) is 179 cm³/mol. The molecule has 1 atom stereocenters. The molecule has 4 aromatic rings. The predicted octanol–water partition coefficient (Wildman–Crippen LogP) is 6.00. The van der Waals surface area contributed by atoms with Gasteiger partial charge in [-0.2, -0.15) is 0 Å². The summed E-state index contributed by atoms with van der Waals surface area (Å²) >= 11 is 0. The fourth-order valence-electron chi connectivity index (χ4n) is 4.64. The first-order chi connectivity index (χ1) is 22.0. The number of carboxylic acids is 1. The third kappa shape index (κ3) is 9.59. The molecule has 0 aliphatic heterocycles. The van der Waals surface area contributed by atoms with Crippen LogP contribution in [0.15, 0.2) is 97.8 Å². The van der Waals surface area contributed by atoms with Gasteiger partial charge in [-0.3, -0.25) is 14.4 Å². The second-order valence-corrected chi connectivity index (χ2v) is 11.9. The summed E-state index contributed by atoms with van der Waals surface area (Å²) < 4.78 is 5.67. The molecule has 238 valence electrons. The lowest BCUT2D eigenvalue weighted by Crippen LogP contribution is -2.48. The molecule has 1 heterocycles. The molecule has 9 heteroatoms. The maximum absolute atomic E-state index is 13.1. The number of carboxylic acid groups (broad SMARTS) is 1. The first-order valence-corrected chi connectivity index (χ1v) is 15.2. The molecule has 0 saturated carbocycles. The van der Waals surface area contributed by atoms with Crippen LogP contribution < -0.4 is 15.4 Å². The van der Waals surface area contributed by atoms with Crippen LogP contribution in [0.25, 0.3) is 22.5 Å². The Morgan fingerprint density at radius 2 is 1.52 bits per heavy atom. The molecule has 9 nitrogen and oxygen atoms in total. The van der Waals surface area contributed by atoms with Gasteiger partial charge in [-0.1, -0.05) is 75.4 Å². The molecule has 1 aromatic heterocycles. The second-order valence-electron chi connectivity index (χ2n) is 11.9. The van der Waals surface area contributed by atoms with E-state index in [-0.39, 0.29) is 30.7 Å². The molecule has 2 amide bonds. The van der Waals surface area contributed by atoms with Crippen LogP contribution in [0.2, 0.25) is 0 Å². The van der Waals surface area contributed by atoms with E-state index in [2.05, 4.69) is 48.0 Å². The second kappa shape index (κ2) is 15.6. The highest BCUT2D eigenvalue weighted by Gasteiger charge is 2.23. The third-order valence-electron chi connectivity index (χ3n) is 7.36. The molecule has 3 aromatic carbocycles. The lowest BCUT2D eigenvalue weighted by Gasteiger charge is -2.20. The van der Waals surface area contributed by atoms with E-state index >= 15 is 0 Å². The van der Waals surface area contributed by atoms with Crippen LogP contribution in [-0.4, -0.2) is 52.1 Å². The number of hydrogen-bond donors (Lipinski definition) is 3. The summed E-state index contributed by atoms with van der Waals surface area (Å²) in [5.41, 5.74) is 4.90. The Bertz CT molecular complexity index is 1630. The van der Waals surface area contributed by atoms with Crippen LogP contribution in [0.5, 0.6) is 5.75 Å². The molecule has 3 N–H and O–H groups in total. The summed E-state index contributed by atoms with van der Waals surface area (Å²) in [7, 11) is 0. The molecular formula is C37H40N4O5. The van der Waals surface area contributed by atoms with E-state index in [1.807, 2.05) is 66.7 Å². The fraction of sp³-hybridized carbons (Fsp3) is 0.270. The number of nitrogens with zero attached hydrogens (tertiary/aromatic N) is 2. The van der Waals surface area contributed by atoms with Gasteiger partial charge in [-0.05, 0) is 52.8 Å². The number of nitrogens with one attached hydrogen (secondary N) is 2. The van der Waals surface area contributed by atoms with Crippen molar-refractivity contribution in [1.82, 2.24) is 20.6 Å². The van der Waals surface area contributed by atoms with Crippen molar-refractivity contribution in [2.75, 3.05) is 13.2 Å². The van der Waals surface area contributed by atoms with Gasteiger partial charge in [-0.25, -0.2) is 9.97 Å².